The maximum absolute atomic E-state index is 12.1. The lowest BCUT2D eigenvalue weighted by Gasteiger charge is -2.18. The van der Waals surface area contributed by atoms with Gasteiger partial charge in [0.05, 0.1) is 23.6 Å². The van der Waals surface area contributed by atoms with E-state index in [0.717, 1.165) is 4.47 Å². The molecular formula is C13H15BrN2O2. The first-order valence-corrected chi connectivity index (χ1v) is 6.27. The number of methoxy groups -OCH3 is 1. The van der Waals surface area contributed by atoms with Gasteiger partial charge >= 0.3 is 0 Å². The van der Waals surface area contributed by atoms with Crippen molar-refractivity contribution in [3.8, 4) is 11.8 Å². The molecule has 1 aromatic carbocycles. The molecule has 0 spiro atoms. The van der Waals surface area contributed by atoms with Crippen LogP contribution in [0.15, 0.2) is 22.7 Å². The van der Waals surface area contributed by atoms with Gasteiger partial charge in [0, 0.05) is 19.2 Å². The molecule has 0 bridgehead atoms. The van der Waals surface area contributed by atoms with Crippen LogP contribution in [0.1, 0.15) is 17.3 Å². The minimum Gasteiger partial charge on any atom is -0.496 e. The average molecular weight is 311 g/mol. The lowest BCUT2D eigenvalue weighted by atomic mass is 10.1. The first kappa shape index (κ1) is 14.5. The van der Waals surface area contributed by atoms with Crippen molar-refractivity contribution >= 4 is 21.8 Å². The molecule has 1 rings (SSSR count). The third kappa shape index (κ3) is 3.47. The van der Waals surface area contributed by atoms with Crippen molar-refractivity contribution in [3.63, 3.8) is 0 Å². The van der Waals surface area contributed by atoms with Crippen molar-refractivity contribution in [2.45, 2.75) is 6.92 Å². The zero-order valence-corrected chi connectivity index (χ0v) is 12.2. The molecule has 96 valence electrons. The Hall–Kier alpha value is -1.54. The number of rotatable bonds is 4. The van der Waals surface area contributed by atoms with E-state index in [0.29, 0.717) is 17.9 Å². The fraction of sp³-hybridized carbons (Fsp3) is 0.385. The maximum atomic E-state index is 12.1. The second kappa shape index (κ2) is 6.41. The van der Waals surface area contributed by atoms with Crippen LogP contribution < -0.4 is 4.74 Å². The molecule has 0 saturated carbocycles. The molecule has 0 aliphatic carbocycles. The first-order chi connectivity index (χ1) is 8.49. The van der Waals surface area contributed by atoms with Gasteiger partial charge in [-0.2, -0.15) is 5.26 Å². The van der Waals surface area contributed by atoms with Crippen LogP contribution in [-0.4, -0.2) is 31.5 Å². The normalized spacial score (nSPS) is 11.5. The fourth-order valence-electron chi connectivity index (χ4n) is 1.55. The first-order valence-electron chi connectivity index (χ1n) is 5.48. The van der Waals surface area contributed by atoms with Gasteiger partial charge in [-0.1, -0.05) is 0 Å². The van der Waals surface area contributed by atoms with Crippen LogP contribution in [0, 0.1) is 17.2 Å². The molecule has 1 amide bonds. The summed E-state index contributed by atoms with van der Waals surface area (Å²) >= 11 is 3.34. The highest BCUT2D eigenvalue weighted by molar-refractivity contribution is 9.10. The van der Waals surface area contributed by atoms with Crippen LogP contribution in [0.3, 0.4) is 0 Å². The molecule has 1 aromatic rings. The van der Waals surface area contributed by atoms with Crippen LogP contribution in [0.5, 0.6) is 5.75 Å². The van der Waals surface area contributed by atoms with Gasteiger partial charge in [0.15, 0.2) is 0 Å². The van der Waals surface area contributed by atoms with Crippen molar-refractivity contribution in [2.24, 2.45) is 5.92 Å². The summed E-state index contributed by atoms with van der Waals surface area (Å²) < 4.78 is 5.84. The molecule has 5 heteroatoms. The minimum absolute atomic E-state index is 0.111. The van der Waals surface area contributed by atoms with Crippen molar-refractivity contribution < 1.29 is 9.53 Å². The van der Waals surface area contributed by atoms with Crippen molar-refractivity contribution in [3.05, 3.63) is 28.2 Å². The quantitative estimate of drug-likeness (QED) is 0.859. The summed E-state index contributed by atoms with van der Waals surface area (Å²) in [5.74, 6) is 0.390. The van der Waals surface area contributed by atoms with Crippen LogP contribution in [0.4, 0.5) is 0 Å². The van der Waals surface area contributed by atoms with Gasteiger partial charge in [-0.05, 0) is 41.1 Å². The molecule has 0 saturated heterocycles. The molecule has 1 unspecified atom stereocenters. The van der Waals surface area contributed by atoms with Gasteiger partial charge in [0.2, 0.25) is 0 Å². The van der Waals surface area contributed by atoms with Gasteiger partial charge < -0.3 is 9.64 Å². The monoisotopic (exact) mass is 310 g/mol. The van der Waals surface area contributed by atoms with E-state index in [2.05, 4.69) is 22.0 Å². The largest absolute Gasteiger partial charge is 0.496 e. The van der Waals surface area contributed by atoms with Gasteiger partial charge in [-0.25, -0.2) is 0 Å². The van der Waals surface area contributed by atoms with E-state index in [-0.39, 0.29) is 11.8 Å². The molecule has 0 N–H and O–H groups in total. The van der Waals surface area contributed by atoms with Gasteiger partial charge in [0.1, 0.15) is 5.75 Å². The van der Waals surface area contributed by atoms with Crippen LogP contribution >= 0.6 is 15.9 Å². The Bertz CT molecular complexity index is 482. The Labute approximate surface area is 115 Å². The number of carbonyl (C=O) groups is 1. The smallest absolute Gasteiger partial charge is 0.253 e. The van der Waals surface area contributed by atoms with Gasteiger partial charge in [-0.3, -0.25) is 4.79 Å². The Morgan fingerprint density at radius 1 is 1.61 bits per heavy atom. The van der Waals surface area contributed by atoms with Crippen LogP contribution in [-0.2, 0) is 0 Å². The number of nitrogens with zero attached hydrogens (tertiary/aromatic N) is 2. The third-order valence-electron chi connectivity index (χ3n) is 2.51. The summed E-state index contributed by atoms with van der Waals surface area (Å²) in [4.78, 5) is 13.6. The second-order valence-electron chi connectivity index (χ2n) is 4.07. The Morgan fingerprint density at radius 3 is 2.78 bits per heavy atom. The molecule has 1 atom stereocenters. The van der Waals surface area contributed by atoms with Crippen LogP contribution in [0.25, 0.3) is 0 Å². The molecule has 0 fully saturated rings. The predicted octanol–water partition coefficient (Wildman–Crippen LogP) is 2.69. The van der Waals surface area contributed by atoms with E-state index in [4.69, 9.17) is 10.00 Å². The molecule has 0 aliphatic rings. The van der Waals surface area contributed by atoms with E-state index < -0.39 is 0 Å². The molecule has 0 aromatic heterocycles. The number of hydrogen-bond acceptors (Lipinski definition) is 3. The number of nitriles is 1. The number of halogens is 1. The summed E-state index contributed by atoms with van der Waals surface area (Å²) in [6.07, 6.45) is 0. The Balaban J connectivity index is 2.84. The number of amides is 1. The Kier molecular flexibility index (Phi) is 5.17. The topological polar surface area (TPSA) is 53.3 Å². The second-order valence-corrected chi connectivity index (χ2v) is 4.92. The zero-order valence-electron chi connectivity index (χ0n) is 10.6. The number of carbonyl (C=O) groups excluding carboxylic acids is 1. The predicted molar refractivity (Wildman–Crippen MR) is 72.4 cm³/mol. The zero-order chi connectivity index (χ0) is 13.7. The average Bonchev–Trinajstić information content (AvgIpc) is 2.37. The SMILES string of the molecule is COc1ccc(C(=O)N(C)CC(C)C#N)cc1Br. The van der Waals surface area contributed by atoms with E-state index in [9.17, 15) is 4.79 Å². The molecule has 4 nitrogen and oxygen atoms in total. The number of hydrogen-bond donors (Lipinski definition) is 0. The lowest BCUT2D eigenvalue weighted by molar-refractivity contribution is 0.0785. The minimum atomic E-state index is -0.180. The number of benzene rings is 1. The molecule has 0 aliphatic heterocycles. The lowest BCUT2D eigenvalue weighted by Crippen LogP contribution is -2.30. The maximum Gasteiger partial charge on any atom is 0.253 e. The summed E-state index contributed by atoms with van der Waals surface area (Å²) in [7, 11) is 3.26. The highest BCUT2D eigenvalue weighted by atomic mass is 79.9. The highest BCUT2D eigenvalue weighted by Gasteiger charge is 2.15. The van der Waals surface area contributed by atoms with Crippen LogP contribution in [0.2, 0.25) is 0 Å². The van der Waals surface area contributed by atoms with E-state index in [1.165, 1.54) is 0 Å². The summed E-state index contributed by atoms with van der Waals surface area (Å²) in [5, 5.41) is 8.74. The third-order valence-corrected chi connectivity index (χ3v) is 3.13. The fourth-order valence-corrected chi connectivity index (χ4v) is 2.09. The Morgan fingerprint density at radius 2 is 2.28 bits per heavy atom. The summed E-state index contributed by atoms with van der Waals surface area (Å²) in [6, 6.07) is 7.27. The standard InChI is InChI=1S/C13H15BrN2O2/c1-9(7-15)8-16(2)13(17)10-4-5-12(18-3)11(14)6-10/h4-6,9H,8H2,1-3H3. The summed E-state index contributed by atoms with van der Waals surface area (Å²) in [5.41, 5.74) is 0.565. The van der Waals surface area contributed by atoms with Crippen molar-refractivity contribution in [2.75, 3.05) is 20.7 Å². The van der Waals surface area contributed by atoms with Crippen molar-refractivity contribution in [1.82, 2.24) is 4.90 Å². The molecule has 0 radical (unpaired) electrons. The molecular weight excluding hydrogens is 296 g/mol. The molecule has 0 heterocycles. The van der Waals surface area contributed by atoms with Crippen molar-refractivity contribution in [1.29, 1.82) is 5.26 Å². The highest BCUT2D eigenvalue weighted by Crippen LogP contribution is 2.26. The number of ether oxygens (including phenoxy) is 1. The van der Waals surface area contributed by atoms with E-state index >= 15 is 0 Å². The summed E-state index contributed by atoms with van der Waals surface area (Å²) in [6.45, 7) is 2.20. The van der Waals surface area contributed by atoms with Gasteiger partial charge in [0.25, 0.3) is 5.91 Å². The van der Waals surface area contributed by atoms with E-state index in [1.807, 2.05) is 0 Å². The van der Waals surface area contributed by atoms with E-state index in [1.54, 1.807) is 44.2 Å². The molecule has 18 heavy (non-hydrogen) atoms. The van der Waals surface area contributed by atoms with Gasteiger partial charge in [-0.15, -0.1) is 0 Å².